The van der Waals surface area contributed by atoms with Crippen LogP contribution in [-0.2, 0) is 0 Å². The Bertz CT molecular complexity index is 817. The first-order valence-electron chi connectivity index (χ1n) is 6.71. The van der Waals surface area contributed by atoms with Crippen molar-refractivity contribution >= 4 is 5.97 Å². The van der Waals surface area contributed by atoms with E-state index in [1.54, 1.807) is 42.5 Å². The number of benzene rings is 2. The number of rotatable bonds is 3. The molecule has 22 heavy (non-hydrogen) atoms. The van der Waals surface area contributed by atoms with Crippen molar-refractivity contribution < 1.29 is 14.3 Å². The monoisotopic (exact) mass is 293 g/mol. The lowest BCUT2D eigenvalue weighted by atomic mass is 9.98. The Balaban J connectivity index is 2.26. The van der Waals surface area contributed by atoms with E-state index in [2.05, 4.69) is 4.98 Å². The van der Waals surface area contributed by atoms with Crippen LogP contribution in [0.15, 0.2) is 66.7 Å². The number of hydrogen-bond acceptors (Lipinski definition) is 2. The summed E-state index contributed by atoms with van der Waals surface area (Å²) in [4.78, 5) is 15.2. The third-order valence-corrected chi connectivity index (χ3v) is 3.34. The van der Waals surface area contributed by atoms with Crippen LogP contribution in [0.25, 0.3) is 22.4 Å². The van der Waals surface area contributed by atoms with Crippen LogP contribution in [-0.4, -0.2) is 16.1 Å². The maximum absolute atomic E-state index is 14.2. The molecule has 3 aromatic rings. The van der Waals surface area contributed by atoms with Gasteiger partial charge in [-0.3, -0.25) is 0 Å². The zero-order valence-electron chi connectivity index (χ0n) is 11.5. The molecule has 108 valence electrons. The van der Waals surface area contributed by atoms with Crippen molar-refractivity contribution in [2.45, 2.75) is 0 Å². The average Bonchev–Trinajstić information content (AvgIpc) is 2.55. The molecule has 1 heterocycles. The van der Waals surface area contributed by atoms with Crippen molar-refractivity contribution in [2.24, 2.45) is 0 Å². The lowest BCUT2D eigenvalue weighted by Crippen LogP contribution is -2.06. The van der Waals surface area contributed by atoms with Gasteiger partial charge in [-0.05, 0) is 11.6 Å². The maximum Gasteiger partial charge on any atom is 0.341 e. The molecule has 0 aliphatic rings. The molecule has 0 spiro atoms. The highest BCUT2D eigenvalue weighted by atomic mass is 19.1. The van der Waals surface area contributed by atoms with E-state index in [0.29, 0.717) is 16.8 Å². The summed E-state index contributed by atoms with van der Waals surface area (Å²) in [6.07, 6.45) is 0. The molecule has 2 aromatic carbocycles. The molecule has 1 aromatic heterocycles. The maximum atomic E-state index is 14.2. The quantitative estimate of drug-likeness (QED) is 0.734. The summed E-state index contributed by atoms with van der Waals surface area (Å²) in [6, 6.07) is 19.6. The zero-order chi connectivity index (χ0) is 15.5. The zero-order valence-corrected chi connectivity index (χ0v) is 11.5. The average molecular weight is 293 g/mol. The third kappa shape index (κ3) is 2.59. The Morgan fingerprint density at radius 1 is 0.909 bits per heavy atom. The van der Waals surface area contributed by atoms with Crippen molar-refractivity contribution in [3.63, 3.8) is 0 Å². The van der Waals surface area contributed by atoms with E-state index in [0.717, 1.165) is 5.56 Å². The van der Waals surface area contributed by atoms with Crippen LogP contribution in [0.1, 0.15) is 10.4 Å². The predicted octanol–water partition coefficient (Wildman–Crippen LogP) is 4.25. The van der Waals surface area contributed by atoms with E-state index in [-0.39, 0.29) is 0 Å². The van der Waals surface area contributed by atoms with Gasteiger partial charge in [0.25, 0.3) is 0 Å². The molecule has 0 atom stereocenters. The Hall–Kier alpha value is -3.01. The highest BCUT2D eigenvalue weighted by molar-refractivity contribution is 5.96. The van der Waals surface area contributed by atoms with Gasteiger partial charge in [-0.15, -0.1) is 0 Å². The smallest absolute Gasteiger partial charge is 0.341 e. The van der Waals surface area contributed by atoms with Gasteiger partial charge < -0.3 is 5.11 Å². The number of pyridine rings is 1. The predicted molar refractivity (Wildman–Crippen MR) is 82.0 cm³/mol. The van der Waals surface area contributed by atoms with E-state index in [1.807, 2.05) is 24.3 Å². The van der Waals surface area contributed by atoms with Crippen LogP contribution < -0.4 is 0 Å². The molecule has 0 bridgehead atoms. The van der Waals surface area contributed by atoms with E-state index in [1.165, 1.54) is 0 Å². The molecule has 0 aliphatic heterocycles. The van der Waals surface area contributed by atoms with Crippen LogP contribution in [0.4, 0.5) is 4.39 Å². The summed E-state index contributed by atoms with van der Waals surface area (Å²) >= 11 is 0. The lowest BCUT2D eigenvalue weighted by molar-refractivity contribution is 0.0692. The highest BCUT2D eigenvalue weighted by Crippen LogP contribution is 2.29. The molecule has 3 nitrogen and oxygen atoms in total. The van der Waals surface area contributed by atoms with Crippen LogP contribution in [0, 0.1) is 5.95 Å². The number of hydrogen-bond donors (Lipinski definition) is 1. The van der Waals surface area contributed by atoms with E-state index in [9.17, 15) is 14.3 Å². The Morgan fingerprint density at radius 3 is 2.00 bits per heavy atom. The second kappa shape index (κ2) is 5.77. The number of carboxylic acid groups (broad SMARTS) is 1. The minimum absolute atomic E-state index is 0.319. The van der Waals surface area contributed by atoms with Crippen molar-refractivity contribution in [3.8, 4) is 22.4 Å². The molecule has 4 heteroatoms. The highest BCUT2D eigenvalue weighted by Gasteiger charge is 2.20. The molecule has 0 unspecified atom stereocenters. The number of halogens is 1. The fourth-order valence-electron chi connectivity index (χ4n) is 2.32. The van der Waals surface area contributed by atoms with Gasteiger partial charge in [0.15, 0.2) is 0 Å². The van der Waals surface area contributed by atoms with Gasteiger partial charge in [-0.1, -0.05) is 60.7 Å². The van der Waals surface area contributed by atoms with E-state index >= 15 is 0 Å². The first-order valence-corrected chi connectivity index (χ1v) is 6.71. The van der Waals surface area contributed by atoms with Gasteiger partial charge >= 0.3 is 5.97 Å². The molecule has 1 N–H and O–H groups in total. The number of carboxylic acids is 1. The van der Waals surface area contributed by atoms with Gasteiger partial charge in [0, 0.05) is 11.1 Å². The van der Waals surface area contributed by atoms with Gasteiger partial charge in [0.05, 0.1) is 5.69 Å². The first-order chi connectivity index (χ1) is 10.7. The van der Waals surface area contributed by atoms with Crippen molar-refractivity contribution in [3.05, 3.63) is 78.2 Å². The molecule has 0 aliphatic carbocycles. The van der Waals surface area contributed by atoms with Crippen molar-refractivity contribution in [1.29, 1.82) is 0 Å². The summed E-state index contributed by atoms with van der Waals surface area (Å²) in [5.74, 6) is -2.31. The Kier molecular flexibility index (Phi) is 3.66. The summed E-state index contributed by atoms with van der Waals surface area (Å²) in [5.41, 5.74) is 1.68. The van der Waals surface area contributed by atoms with E-state index in [4.69, 9.17) is 0 Å². The molecule has 0 saturated heterocycles. The second-order valence-electron chi connectivity index (χ2n) is 4.76. The molecular weight excluding hydrogens is 281 g/mol. The first kappa shape index (κ1) is 13.9. The number of nitrogens with zero attached hydrogens (tertiary/aromatic N) is 1. The normalized spacial score (nSPS) is 10.4. The van der Waals surface area contributed by atoms with Gasteiger partial charge in [0.2, 0.25) is 5.95 Å². The minimum atomic E-state index is -1.33. The summed E-state index contributed by atoms with van der Waals surface area (Å²) in [5, 5.41) is 9.29. The second-order valence-corrected chi connectivity index (χ2v) is 4.76. The van der Waals surface area contributed by atoms with Crippen molar-refractivity contribution in [1.82, 2.24) is 4.98 Å². The van der Waals surface area contributed by atoms with Crippen molar-refractivity contribution in [2.75, 3.05) is 0 Å². The fourth-order valence-corrected chi connectivity index (χ4v) is 2.32. The molecule has 0 saturated carbocycles. The molecule has 0 fully saturated rings. The number of aromatic carboxylic acids is 1. The lowest BCUT2D eigenvalue weighted by Gasteiger charge is -2.10. The number of aromatic nitrogens is 1. The molecule has 0 amide bonds. The van der Waals surface area contributed by atoms with Crippen LogP contribution in [0.3, 0.4) is 0 Å². The standard InChI is InChI=1S/C18H12FNO2/c19-17-16(18(21)22)14(12-7-3-1-4-8-12)11-15(20-17)13-9-5-2-6-10-13/h1-11H,(H,21,22). The third-order valence-electron chi connectivity index (χ3n) is 3.34. The van der Waals surface area contributed by atoms with Crippen LogP contribution in [0.5, 0.6) is 0 Å². The summed E-state index contributed by atoms with van der Waals surface area (Å²) in [7, 11) is 0. The molecular formula is C18H12FNO2. The Morgan fingerprint density at radius 2 is 1.45 bits per heavy atom. The topological polar surface area (TPSA) is 50.2 Å². The van der Waals surface area contributed by atoms with Crippen LogP contribution in [0.2, 0.25) is 0 Å². The Labute approximate surface area is 126 Å². The largest absolute Gasteiger partial charge is 0.478 e. The van der Waals surface area contributed by atoms with Gasteiger partial charge in [0.1, 0.15) is 5.56 Å². The molecule has 0 radical (unpaired) electrons. The fraction of sp³-hybridized carbons (Fsp3) is 0. The van der Waals surface area contributed by atoms with Gasteiger partial charge in [-0.2, -0.15) is 4.39 Å². The minimum Gasteiger partial charge on any atom is -0.478 e. The summed E-state index contributed by atoms with van der Waals surface area (Å²) < 4.78 is 14.2. The SMILES string of the molecule is O=C(O)c1c(-c2ccccc2)cc(-c2ccccc2)nc1F. The number of carbonyl (C=O) groups is 1. The van der Waals surface area contributed by atoms with Crippen LogP contribution >= 0.6 is 0 Å². The van der Waals surface area contributed by atoms with E-state index < -0.39 is 17.5 Å². The van der Waals surface area contributed by atoms with Gasteiger partial charge in [-0.25, -0.2) is 9.78 Å². The summed E-state index contributed by atoms with van der Waals surface area (Å²) in [6.45, 7) is 0. The molecule has 3 rings (SSSR count).